The van der Waals surface area contributed by atoms with E-state index in [9.17, 15) is 18.0 Å². The molecule has 0 spiro atoms. The van der Waals surface area contributed by atoms with E-state index in [1.54, 1.807) is 7.11 Å². The van der Waals surface area contributed by atoms with Gasteiger partial charge in [0.25, 0.3) is 0 Å². The summed E-state index contributed by atoms with van der Waals surface area (Å²) in [6.45, 7) is 4.07. The molecule has 10 heteroatoms. The maximum Gasteiger partial charge on any atom is 0.490 e. The number of piperidine rings is 1. The van der Waals surface area contributed by atoms with Crippen LogP contribution in [0.5, 0.6) is 5.75 Å². The molecule has 1 aromatic carbocycles. The highest BCUT2D eigenvalue weighted by Gasteiger charge is 2.53. The molecule has 0 aromatic heterocycles. The number of halogens is 3. The number of para-hydroxylation sites is 1. The van der Waals surface area contributed by atoms with Gasteiger partial charge in [-0.25, -0.2) is 4.79 Å². The minimum atomic E-state index is -5.08. The van der Waals surface area contributed by atoms with Crippen molar-refractivity contribution in [3.05, 3.63) is 29.8 Å². The quantitative estimate of drug-likeness (QED) is 0.682. The summed E-state index contributed by atoms with van der Waals surface area (Å²) in [5, 5.41) is 10.3. The zero-order valence-electron chi connectivity index (χ0n) is 18.0. The Balaban J connectivity index is 0.000000360. The van der Waals surface area contributed by atoms with Crippen molar-refractivity contribution in [2.75, 3.05) is 33.4 Å². The van der Waals surface area contributed by atoms with Crippen molar-refractivity contribution >= 4 is 11.9 Å². The summed E-state index contributed by atoms with van der Waals surface area (Å²) >= 11 is 0. The maximum atomic E-state index is 13.0. The SMILES string of the molecule is COc1ccccc1CN1CC[C@H]2OCC[C@@]2(C(=O)NCC2CC2)C1.O=C(O)C(F)(F)F. The maximum absolute atomic E-state index is 13.0. The number of carbonyl (C=O) groups is 2. The summed E-state index contributed by atoms with van der Waals surface area (Å²) in [7, 11) is 1.71. The number of ether oxygens (including phenoxy) is 2. The molecule has 32 heavy (non-hydrogen) atoms. The van der Waals surface area contributed by atoms with E-state index in [1.807, 2.05) is 18.2 Å². The number of methoxy groups -OCH3 is 1. The number of rotatable bonds is 6. The van der Waals surface area contributed by atoms with Gasteiger partial charge < -0.3 is 19.9 Å². The molecule has 0 radical (unpaired) electrons. The average Bonchev–Trinajstić information content (AvgIpc) is 3.48. The minimum Gasteiger partial charge on any atom is -0.496 e. The smallest absolute Gasteiger partial charge is 0.490 e. The van der Waals surface area contributed by atoms with Gasteiger partial charge in [0.05, 0.1) is 18.6 Å². The van der Waals surface area contributed by atoms with E-state index in [-0.39, 0.29) is 17.4 Å². The molecule has 3 fully saturated rings. The first-order chi connectivity index (χ1) is 15.2. The molecule has 7 nitrogen and oxygen atoms in total. The number of amides is 1. The van der Waals surface area contributed by atoms with Crippen LogP contribution in [-0.2, 0) is 20.9 Å². The number of hydrogen-bond acceptors (Lipinski definition) is 5. The van der Waals surface area contributed by atoms with E-state index >= 15 is 0 Å². The first-order valence-electron chi connectivity index (χ1n) is 10.7. The number of alkyl halides is 3. The van der Waals surface area contributed by atoms with Crippen LogP contribution in [0.1, 0.15) is 31.2 Å². The Labute approximate surface area is 184 Å². The number of nitrogens with one attached hydrogen (secondary N) is 1. The van der Waals surface area contributed by atoms with Crippen LogP contribution in [0.4, 0.5) is 13.2 Å². The summed E-state index contributed by atoms with van der Waals surface area (Å²) in [5.41, 5.74) is 0.797. The number of likely N-dealkylation sites (tertiary alicyclic amines) is 1. The Kier molecular flexibility index (Phi) is 7.66. The molecule has 2 heterocycles. The van der Waals surface area contributed by atoms with Crippen molar-refractivity contribution in [2.45, 2.75) is 44.5 Å². The van der Waals surface area contributed by atoms with Crippen LogP contribution in [0.2, 0.25) is 0 Å². The second-order valence-electron chi connectivity index (χ2n) is 8.53. The minimum absolute atomic E-state index is 0.0700. The van der Waals surface area contributed by atoms with Crippen LogP contribution in [0, 0.1) is 11.3 Å². The molecule has 1 aliphatic carbocycles. The van der Waals surface area contributed by atoms with Crippen LogP contribution >= 0.6 is 0 Å². The summed E-state index contributed by atoms with van der Waals surface area (Å²) in [6, 6.07) is 8.14. The molecule has 178 valence electrons. The van der Waals surface area contributed by atoms with Gasteiger partial charge in [-0.15, -0.1) is 0 Å². The lowest BCUT2D eigenvalue weighted by Gasteiger charge is -2.42. The second-order valence-corrected chi connectivity index (χ2v) is 8.53. The Bertz CT molecular complexity index is 815. The normalized spacial score (nSPS) is 25.3. The Morgan fingerprint density at radius 2 is 1.97 bits per heavy atom. The van der Waals surface area contributed by atoms with Crippen LogP contribution in [0.15, 0.2) is 24.3 Å². The molecule has 2 saturated heterocycles. The largest absolute Gasteiger partial charge is 0.496 e. The van der Waals surface area contributed by atoms with Crippen LogP contribution in [0.3, 0.4) is 0 Å². The number of aliphatic carboxylic acids is 1. The molecule has 3 aliphatic rings. The number of carboxylic acids is 1. The first-order valence-corrected chi connectivity index (χ1v) is 10.7. The molecule has 1 saturated carbocycles. The van der Waals surface area contributed by atoms with Gasteiger partial charge in [0.2, 0.25) is 5.91 Å². The monoisotopic (exact) mass is 458 g/mol. The van der Waals surface area contributed by atoms with Crippen molar-refractivity contribution in [1.82, 2.24) is 10.2 Å². The van der Waals surface area contributed by atoms with E-state index in [0.29, 0.717) is 12.5 Å². The van der Waals surface area contributed by atoms with Gasteiger partial charge in [-0.3, -0.25) is 9.69 Å². The molecular weight excluding hydrogens is 429 g/mol. The van der Waals surface area contributed by atoms with E-state index in [4.69, 9.17) is 19.4 Å². The van der Waals surface area contributed by atoms with Gasteiger partial charge in [-0.05, 0) is 37.7 Å². The third-order valence-electron chi connectivity index (χ3n) is 6.23. The van der Waals surface area contributed by atoms with Gasteiger partial charge in [0.1, 0.15) is 5.75 Å². The van der Waals surface area contributed by atoms with Crippen molar-refractivity contribution in [1.29, 1.82) is 0 Å². The van der Waals surface area contributed by atoms with Crippen molar-refractivity contribution in [3.63, 3.8) is 0 Å². The highest BCUT2D eigenvalue weighted by Crippen LogP contribution is 2.42. The van der Waals surface area contributed by atoms with Crippen molar-refractivity contribution < 1.29 is 37.3 Å². The fourth-order valence-corrected chi connectivity index (χ4v) is 4.30. The summed E-state index contributed by atoms with van der Waals surface area (Å²) in [5.74, 6) is -0.937. The molecule has 4 rings (SSSR count). The van der Waals surface area contributed by atoms with Gasteiger partial charge >= 0.3 is 12.1 Å². The summed E-state index contributed by atoms with van der Waals surface area (Å²) in [6.07, 6.45) is -0.747. The predicted octanol–water partition coefficient (Wildman–Crippen LogP) is 2.84. The lowest BCUT2D eigenvalue weighted by atomic mass is 9.75. The van der Waals surface area contributed by atoms with E-state index < -0.39 is 12.1 Å². The molecule has 1 amide bonds. The molecule has 0 unspecified atom stereocenters. The Hall–Kier alpha value is -2.33. The lowest BCUT2D eigenvalue weighted by molar-refractivity contribution is -0.192. The molecule has 2 N–H and O–H groups in total. The van der Waals surface area contributed by atoms with Gasteiger partial charge in [-0.2, -0.15) is 13.2 Å². The van der Waals surface area contributed by atoms with E-state index in [0.717, 1.165) is 44.8 Å². The first kappa shape index (κ1) is 24.3. The Morgan fingerprint density at radius 3 is 2.59 bits per heavy atom. The average molecular weight is 458 g/mol. The summed E-state index contributed by atoms with van der Waals surface area (Å²) in [4.78, 5) is 24.3. The molecular formula is C22H29F3N2O5. The number of carbonyl (C=O) groups excluding carboxylic acids is 1. The standard InChI is InChI=1S/C20H28N2O3.C2HF3O2/c1-24-17-5-3-2-4-16(17)13-22-10-8-18-20(14-22,9-11-25-18)19(23)21-12-15-6-7-15;3-2(4,5)1(6)7/h2-5,15,18H,6-14H2,1H3,(H,21,23);(H,6,7)/t18-,20-;/m1./s1. The van der Waals surface area contributed by atoms with Crippen LogP contribution < -0.4 is 10.1 Å². The molecule has 2 aliphatic heterocycles. The number of fused-ring (bicyclic) bond motifs is 1. The zero-order valence-corrected chi connectivity index (χ0v) is 18.0. The zero-order chi connectivity index (χ0) is 23.4. The summed E-state index contributed by atoms with van der Waals surface area (Å²) < 4.78 is 43.2. The van der Waals surface area contributed by atoms with Gasteiger partial charge in [0, 0.05) is 38.3 Å². The fourth-order valence-electron chi connectivity index (χ4n) is 4.30. The Morgan fingerprint density at radius 1 is 1.28 bits per heavy atom. The van der Waals surface area contributed by atoms with Crippen LogP contribution in [0.25, 0.3) is 0 Å². The predicted molar refractivity (Wildman–Crippen MR) is 109 cm³/mol. The van der Waals surface area contributed by atoms with Crippen molar-refractivity contribution in [3.8, 4) is 5.75 Å². The lowest BCUT2D eigenvalue weighted by Crippen LogP contribution is -2.57. The van der Waals surface area contributed by atoms with E-state index in [1.165, 1.54) is 18.4 Å². The highest BCUT2D eigenvalue weighted by atomic mass is 19.4. The van der Waals surface area contributed by atoms with Gasteiger partial charge in [-0.1, -0.05) is 18.2 Å². The fraction of sp³-hybridized carbons (Fsp3) is 0.636. The number of nitrogens with zero attached hydrogens (tertiary/aromatic N) is 1. The third-order valence-corrected chi connectivity index (χ3v) is 6.23. The topological polar surface area (TPSA) is 88.1 Å². The second kappa shape index (κ2) is 10.1. The molecule has 1 aromatic rings. The van der Waals surface area contributed by atoms with Gasteiger partial charge in [0.15, 0.2) is 0 Å². The number of carboxylic acid groups (broad SMARTS) is 1. The third kappa shape index (κ3) is 5.92. The van der Waals surface area contributed by atoms with Crippen molar-refractivity contribution in [2.24, 2.45) is 11.3 Å². The number of hydrogen-bond donors (Lipinski definition) is 2. The number of benzene rings is 1. The highest BCUT2D eigenvalue weighted by molar-refractivity contribution is 5.84. The molecule has 0 bridgehead atoms. The molecule has 2 atom stereocenters. The van der Waals surface area contributed by atoms with Crippen LogP contribution in [-0.4, -0.2) is 67.5 Å². The van der Waals surface area contributed by atoms with E-state index in [2.05, 4.69) is 16.3 Å².